The molecule has 0 bridgehead atoms. The van der Waals surface area contributed by atoms with Gasteiger partial charge in [0.15, 0.2) is 0 Å². The van der Waals surface area contributed by atoms with Gasteiger partial charge in [-0.3, -0.25) is 9.59 Å². The van der Waals surface area contributed by atoms with Crippen molar-refractivity contribution in [2.45, 2.75) is 5.75 Å². The fourth-order valence-electron chi connectivity index (χ4n) is 3.71. The molecule has 3 aromatic rings. The number of para-hydroxylation sites is 2. The molecule has 0 atom stereocenters. The van der Waals surface area contributed by atoms with Crippen molar-refractivity contribution in [3.8, 4) is 0 Å². The van der Waals surface area contributed by atoms with Gasteiger partial charge in [-0.1, -0.05) is 48.5 Å². The maximum absolute atomic E-state index is 12.9. The first-order valence-corrected chi connectivity index (χ1v) is 12.0. The molecular formula is C26H27N3O2S. The Morgan fingerprint density at radius 2 is 1.41 bits per heavy atom. The molecule has 0 unspecified atom stereocenters. The second-order valence-corrected chi connectivity index (χ2v) is 8.70. The molecule has 0 aliphatic carbocycles. The number of thioether (sulfide) groups is 1. The monoisotopic (exact) mass is 445 g/mol. The largest absolute Gasteiger partial charge is 0.368 e. The van der Waals surface area contributed by atoms with Crippen molar-refractivity contribution >= 4 is 35.0 Å². The Kier molecular flexibility index (Phi) is 7.46. The van der Waals surface area contributed by atoms with E-state index in [1.54, 1.807) is 11.8 Å². The molecular weight excluding hydrogens is 418 g/mol. The maximum atomic E-state index is 12.9. The highest BCUT2D eigenvalue weighted by Gasteiger charge is 2.22. The fourth-order valence-corrected chi connectivity index (χ4v) is 4.50. The summed E-state index contributed by atoms with van der Waals surface area (Å²) in [7, 11) is 0. The average Bonchev–Trinajstić information content (AvgIpc) is 2.85. The van der Waals surface area contributed by atoms with Gasteiger partial charge in [0.2, 0.25) is 5.91 Å². The van der Waals surface area contributed by atoms with E-state index < -0.39 is 0 Å². The predicted molar refractivity (Wildman–Crippen MR) is 132 cm³/mol. The van der Waals surface area contributed by atoms with Crippen molar-refractivity contribution in [1.29, 1.82) is 0 Å². The number of anilines is 2. The summed E-state index contributed by atoms with van der Waals surface area (Å²) >= 11 is 1.56. The molecule has 1 aliphatic rings. The van der Waals surface area contributed by atoms with E-state index in [1.165, 1.54) is 5.69 Å². The summed E-state index contributed by atoms with van der Waals surface area (Å²) in [6.45, 7) is 3.13. The van der Waals surface area contributed by atoms with Crippen molar-refractivity contribution in [2.75, 3.05) is 42.1 Å². The van der Waals surface area contributed by atoms with E-state index in [0.717, 1.165) is 43.2 Å². The molecule has 0 spiro atoms. The summed E-state index contributed by atoms with van der Waals surface area (Å²) in [4.78, 5) is 29.2. The molecule has 2 amide bonds. The number of piperazine rings is 1. The van der Waals surface area contributed by atoms with Gasteiger partial charge in [0.05, 0.1) is 5.75 Å². The molecule has 0 aromatic heterocycles. The first kappa shape index (κ1) is 22.0. The van der Waals surface area contributed by atoms with Crippen LogP contribution >= 0.6 is 11.8 Å². The Hall–Kier alpha value is -3.25. The van der Waals surface area contributed by atoms with Gasteiger partial charge in [-0.15, -0.1) is 11.8 Å². The number of hydrogen-bond donors (Lipinski definition) is 1. The quantitative estimate of drug-likeness (QED) is 0.581. The zero-order chi connectivity index (χ0) is 22.2. The van der Waals surface area contributed by atoms with Gasteiger partial charge in [-0.05, 0) is 42.0 Å². The van der Waals surface area contributed by atoms with Crippen LogP contribution in [0.4, 0.5) is 11.4 Å². The third-order valence-corrected chi connectivity index (χ3v) is 6.45. The third kappa shape index (κ3) is 5.92. The van der Waals surface area contributed by atoms with Gasteiger partial charge in [0.1, 0.15) is 0 Å². The SMILES string of the molecule is O=C(CSCc1ccc(C(=O)N2CCN(c3ccccc3)CC2)cc1)Nc1ccccc1. The lowest BCUT2D eigenvalue weighted by atomic mass is 10.1. The minimum atomic E-state index is -0.0114. The minimum Gasteiger partial charge on any atom is -0.368 e. The second-order valence-electron chi connectivity index (χ2n) is 7.72. The Balaban J connectivity index is 1.22. The van der Waals surface area contributed by atoms with Crippen molar-refractivity contribution in [3.05, 3.63) is 96.1 Å². The highest BCUT2D eigenvalue weighted by molar-refractivity contribution is 7.99. The van der Waals surface area contributed by atoms with E-state index in [0.29, 0.717) is 11.3 Å². The zero-order valence-electron chi connectivity index (χ0n) is 17.9. The highest BCUT2D eigenvalue weighted by Crippen LogP contribution is 2.18. The molecule has 164 valence electrons. The molecule has 1 heterocycles. The summed E-state index contributed by atoms with van der Waals surface area (Å²) in [5, 5.41) is 2.89. The van der Waals surface area contributed by atoms with Crippen LogP contribution in [0.3, 0.4) is 0 Å². The van der Waals surface area contributed by atoms with Crippen LogP contribution < -0.4 is 10.2 Å². The molecule has 1 saturated heterocycles. The van der Waals surface area contributed by atoms with E-state index in [-0.39, 0.29) is 11.8 Å². The summed E-state index contributed by atoms with van der Waals surface area (Å²) in [6, 6.07) is 27.5. The van der Waals surface area contributed by atoms with Crippen molar-refractivity contribution in [1.82, 2.24) is 4.90 Å². The van der Waals surface area contributed by atoms with Crippen LogP contribution in [0, 0.1) is 0 Å². The number of benzene rings is 3. The number of rotatable bonds is 7. The lowest BCUT2D eigenvalue weighted by molar-refractivity contribution is -0.113. The molecule has 1 N–H and O–H groups in total. The first-order valence-electron chi connectivity index (χ1n) is 10.8. The predicted octanol–water partition coefficient (Wildman–Crippen LogP) is 4.52. The van der Waals surface area contributed by atoms with E-state index in [9.17, 15) is 9.59 Å². The second kappa shape index (κ2) is 10.9. The summed E-state index contributed by atoms with van der Waals surface area (Å²) in [5.74, 6) is 1.19. The van der Waals surface area contributed by atoms with Crippen molar-refractivity contribution in [2.24, 2.45) is 0 Å². The van der Waals surface area contributed by atoms with Gasteiger partial charge >= 0.3 is 0 Å². The number of hydrogen-bond acceptors (Lipinski definition) is 4. The lowest BCUT2D eigenvalue weighted by Crippen LogP contribution is -2.48. The van der Waals surface area contributed by atoms with Gasteiger partial charge in [-0.25, -0.2) is 0 Å². The number of amides is 2. The van der Waals surface area contributed by atoms with Gasteiger partial charge in [0, 0.05) is 48.9 Å². The number of nitrogens with one attached hydrogen (secondary N) is 1. The average molecular weight is 446 g/mol. The van der Waals surface area contributed by atoms with Crippen LogP contribution in [-0.2, 0) is 10.5 Å². The smallest absolute Gasteiger partial charge is 0.253 e. The van der Waals surface area contributed by atoms with Crippen LogP contribution in [0.5, 0.6) is 0 Å². The van der Waals surface area contributed by atoms with Gasteiger partial charge in [0.25, 0.3) is 5.91 Å². The topological polar surface area (TPSA) is 52.7 Å². The third-order valence-electron chi connectivity index (χ3n) is 5.45. The Bertz CT molecular complexity index is 1020. The van der Waals surface area contributed by atoms with Crippen LogP contribution in [0.1, 0.15) is 15.9 Å². The number of carbonyl (C=O) groups excluding carboxylic acids is 2. The molecule has 1 fully saturated rings. The number of carbonyl (C=O) groups is 2. The van der Waals surface area contributed by atoms with Gasteiger partial charge < -0.3 is 15.1 Å². The molecule has 5 nitrogen and oxygen atoms in total. The molecule has 32 heavy (non-hydrogen) atoms. The normalized spacial score (nSPS) is 13.6. The molecule has 0 saturated carbocycles. The molecule has 0 radical (unpaired) electrons. The van der Waals surface area contributed by atoms with Gasteiger partial charge in [-0.2, -0.15) is 0 Å². The number of nitrogens with zero attached hydrogens (tertiary/aromatic N) is 2. The summed E-state index contributed by atoms with van der Waals surface area (Å²) in [5.41, 5.74) is 3.84. The maximum Gasteiger partial charge on any atom is 0.253 e. The van der Waals surface area contributed by atoms with Crippen LogP contribution in [0.15, 0.2) is 84.9 Å². The fraction of sp³-hybridized carbons (Fsp3) is 0.231. The first-order chi connectivity index (χ1) is 15.7. The van der Waals surface area contributed by atoms with E-state index in [1.807, 2.05) is 77.7 Å². The molecule has 6 heteroatoms. The zero-order valence-corrected chi connectivity index (χ0v) is 18.8. The molecule has 3 aromatic carbocycles. The standard InChI is InChI=1S/C26H27N3O2S/c30-25(27-23-7-3-1-4-8-23)20-32-19-21-11-13-22(14-12-21)26(31)29-17-15-28(16-18-29)24-9-5-2-6-10-24/h1-14H,15-20H2,(H,27,30). The van der Waals surface area contributed by atoms with E-state index >= 15 is 0 Å². The van der Waals surface area contributed by atoms with Crippen LogP contribution in [-0.4, -0.2) is 48.6 Å². The highest BCUT2D eigenvalue weighted by atomic mass is 32.2. The van der Waals surface area contributed by atoms with Crippen LogP contribution in [0.2, 0.25) is 0 Å². The Morgan fingerprint density at radius 1 is 0.781 bits per heavy atom. The Labute approximate surface area is 193 Å². The molecule has 4 rings (SSSR count). The minimum absolute atomic E-state index is 0.0114. The summed E-state index contributed by atoms with van der Waals surface area (Å²) < 4.78 is 0. The summed E-state index contributed by atoms with van der Waals surface area (Å²) in [6.07, 6.45) is 0. The Morgan fingerprint density at radius 3 is 2.06 bits per heavy atom. The van der Waals surface area contributed by atoms with Crippen molar-refractivity contribution in [3.63, 3.8) is 0 Å². The van der Waals surface area contributed by atoms with E-state index in [4.69, 9.17) is 0 Å². The lowest BCUT2D eigenvalue weighted by Gasteiger charge is -2.36. The molecule has 1 aliphatic heterocycles. The van der Waals surface area contributed by atoms with E-state index in [2.05, 4.69) is 22.3 Å². The van der Waals surface area contributed by atoms with Crippen LogP contribution in [0.25, 0.3) is 0 Å². The van der Waals surface area contributed by atoms with Crippen molar-refractivity contribution < 1.29 is 9.59 Å².